The summed E-state index contributed by atoms with van der Waals surface area (Å²) in [6.45, 7) is 5.14. The lowest BCUT2D eigenvalue weighted by molar-refractivity contribution is -0.135. The Kier molecular flexibility index (Phi) is 5.62. The van der Waals surface area contributed by atoms with Gasteiger partial charge >= 0.3 is 5.97 Å². The van der Waals surface area contributed by atoms with E-state index in [2.05, 4.69) is 30.2 Å². The summed E-state index contributed by atoms with van der Waals surface area (Å²) in [4.78, 5) is 20.1. The average molecular weight is 431 g/mol. The minimum absolute atomic E-state index is 0.153. The Morgan fingerprint density at radius 1 is 1.30 bits per heavy atom. The molecule has 0 amide bonds. The maximum Gasteiger partial charge on any atom is 0.327 e. The van der Waals surface area contributed by atoms with Gasteiger partial charge in [-0.3, -0.25) is 4.79 Å². The first kappa shape index (κ1) is 20.2. The van der Waals surface area contributed by atoms with Crippen LogP contribution in [0.5, 0.6) is 0 Å². The van der Waals surface area contributed by atoms with Gasteiger partial charge in [0.1, 0.15) is 5.82 Å². The van der Waals surface area contributed by atoms with Crippen molar-refractivity contribution in [3.8, 4) is 0 Å². The molecule has 3 N–H and O–H groups in total. The van der Waals surface area contributed by atoms with Gasteiger partial charge in [0.15, 0.2) is 17.5 Å². The number of nitrogens with two attached hydrogens (primary N) is 1. The first-order chi connectivity index (χ1) is 14.4. The third kappa shape index (κ3) is 4.25. The van der Waals surface area contributed by atoms with Crippen LogP contribution in [-0.4, -0.2) is 54.6 Å². The van der Waals surface area contributed by atoms with Crippen molar-refractivity contribution in [2.24, 2.45) is 33.0 Å². The maximum absolute atomic E-state index is 13.7. The van der Waals surface area contributed by atoms with E-state index in [1.165, 1.54) is 17.4 Å². The standard InChI is InChI=1S/C19H22FN7O2S/c1-11-2-3-14(20)4-15(11)26-7-12-9-27(10-13(12)8-26)19-22-5-16(30-19)18(21)24-25-23-6-17(28)29/h2-5,12-13H,6-10H2,1H3,(H,28,29)(H2,21,23,24). The van der Waals surface area contributed by atoms with Crippen LogP contribution in [0.4, 0.5) is 15.2 Å². The number of fused-ring (bicyclic) bond motifs is 1. The van der Waals surface area contributed by atoms with Crippen molar-refractivity contribution in [3.05, 3.63) is 40.7 Å². The minimum Gasteiger partial charge on any atom is -0.480 e. The molecule has 0 saturated carbocycles. The molecule has 2 saturated heterocycles. The highest BCUT2D eigenvalue weighted by Crippen LogP contribution is 2.38. The molecule has 4 rings (SSSR count). The van der Waals surface area contributed by atoms with Crippen LogP contribution in [-0.2, 0) is 4.79 Å². The topological polar surface area (TPSA) is 120 Å². The second-order valence-electron chi connectivity index (χ2n) is 7.54. The van der Waals surface area contributed by atoms with Crippen molar-refractivity contribution in [2.45, 2.75) is 6.92 Å². The molecule has 2 atom stereocenters. The van der Waals surface area contributed by atoms with Crippen molar-refractivity contribution < 1.29 is 14.3 Å². The van der Waals surface area contributed by atoms with Gasteiger partial charge in [0.25, 0.3) is 0 Å². The highest BCUT2D eigenvalue weighted by Gasteiger charge is 2.41. The molecule has 158 valence electrons. The number of hydrogen-bond donors (Lipinski definition) is 2. The summed E-state index contributed by atoms with van der Waals surface area (Å²) in [5.41, 5.74) is 7.96. The van der Waals surface area contributed by atoms with Crippen LogP contribution in [0.15, 0.2) is 39.8 Å². The first-order valence-electron chi connectivity index (χ1n) is 9.54. The Hall–Kier alpha value is -3.08. The highest BCUT2D eigenvalue weighted by molar-refractivity contribution is 7.17. The Balaban J connectivity index is 1.38. The number of amidine groups is 1. The normalized spacial score (nSPS) is 21.6. The lowest BCUT2D eigenvalue weighted by Crippen LogP contribution is -2.29. The Morgan fingerprint density at radius 2 is 2.00 bits per heavy atom. The maximum atomic E-state index is 13.7. The van der Waals surface area contributed by atoms with Gasteiger partial charge in [-0.05, 0) is 29.8 Å². The fourth-order valence-corrected chi connectivity index (χ4v) is 4.85. The molecule has 1 aromatic carbocycles. The van der Waals surface area contributed by atoms with Crippen molar-refractivity contribution in [2.75, 3.05) is 42.5 Å². The van der Waals surface area contributed by atoms with Crippen molar-refractivity contribution >= 4 is 34.0 Å². The van der Waals surface area contributed by atoms with Gasteiger partial charge in [-0.25, -0.2) is 9.37 Å². The molecule has 0 radical (unpaired) electrons. The number of benzene rings is 1. The molecule has 11 heteroatoms. The zero-order valence-electron chi connectivity index (χ0n) is 16.4. The number of carboxylic acids is 1. The molecule has 0 bridgehead atoms. The molecule has 30 heavy (non-hydrogen) atoms. The number of anilines is 2. The van der Waals surface area contributed by atoms with Crippen LogP contribution >= 0.6 is 11.3 Å². The summed E-state index contributed by atoms with van der Waals surface area (Å²) in [6, 6.07) is 4.95. The molecule has 3 heterocycles. The average Bonchev–Trinajstić information content (AvgIpc) is 3.41. The zero-order chi connectivity index (χ0) is 21.3. The van der Waals surface area contributed by atoms with E-state index in [0.29, 0.717) is 16.7 Å². The molecule has 2 aliphatic rings. The minimum atomic E-state index is -1.08. The van der Waals surface area contributed by atoms with Gasteiger partial charge < -0.3 is 20.6 Å². The van der Waals surface area contributed by atoms with E-state index in [0.717, 1.165) is 42.6 Å². The van der Waals surface area contributed by atoms with E-state index < -0.39 is 12.5 Å². The number of aryl methyl sites for hydroxylation is 1. The fraction of sp³-hybridized carbons (Fsp3) is 0.421. The van der Waals surface area contributed by atoms with E-state index in [-0.39, 0.29) is 11.7 Å². The van der Waals surface area contributed by atoms with Crippen molar-refractivity contribution in [1.82, 2.24) is 4.98 Å². The van der Waals surface area contributed by atoms with Gasteiger partial charge in [0.2, 0.25) is 0 Å². The van der Waals surface area contributed by atoms with E-state index in [1.807, 2.05) is 13.0 Å². The molecular weight excluding hydrogens is 409 g/mol. The largest absolute Gasteiger partial charge is 0.480 e. The number of aliphatic carboxylic acids is 1. The third-order valence-corrected chi connectivity index (χ3v) is 6.52. The van der Waals surface area contributed by atoms with Crippen LogP contribution < -0.4 is 15.5 Å². The number of carbonyl (C=O) groups is 1. The van der Waals surface area contributed by atoms with Crippen LogP contribution in [0, 0.1) is 24.6 Å². The quantitative estimate of drug-likeness (QED) is 0.313. The molecule has 2 unspecified atom stereocenters. The molecule has 1 aromatic heterocycles. The predicted octanol–water partition coefficient (Wildman–Crippen LogP) is 2.32. The van der Waals surface area contributed by atoms with E-state index in [9.17, 15) is 9.18 Å². The van der Waals surface area contributed by atoms with Crippen molar-refractivity contribution in [3.63, 3.8) is 0 Å². The second-order valence-corrected chi connectivity index (χ2v) is 8.55. The number of rotatable bonds is 6. The first-order valence-corrected chi connectivity index (χ1v) is 10.4. The molecule has 0 spiro atoms. The van der Waals surface area contributed by atoms with Crippen LogP contribution in [0.2, 0.25) is 0 Å². The fourth-order valence-electron chi connectivity index (χ4n) is 4.02. The number of aromatic nitrogens is 1. The van der Waals surface area contributed by atoms with E-state index in [4.69, 9.17) is 10.8 Å². The third-order valence-electron chi connectivity index (χ3n) is 5.44. The van der Waals surface area contributed by atoms with E-state index >= 15 is 0 Å². The molecule has 2 aliphatic heterocycles. The molecule has 2 fully saturated rings. The lowest BCUT2D eigenvalue weighted by Gasteiger charge is -2.24. The molecule has 9 nitrogen and oxygen atoms in total. The van der Waals surface area contributed by atoms with Gasteiger partial charge in [0.05, 0.1) is 11.1 Å². The number of carboxylic acid groups (broad SMARTS) is 1. The Bertz CT molecular complexity index is 995. The SMILES string of the molecule is Cc1ccc(F)cc1N1CC2CN(c3ncc(/C(N)=N/N=NCC(=O)O)s3)CC2C1. The van der Waals surface area contributed by atoms with Crippen LogP contribution in [0.1, 0.15) is 10.4 Å². The molecule has 2 aromatic rings. The van der Waals surface area contributed by atoms with Gasteiger partial charge in [-0.1, -0.05) is 17.4 Å². The number of nitrogens with zero attached hydrogens (tertiary/aromatic N) is 6. The van der Waals surface area contributed by atoms with Gasteiger partial charge in [-0.15, -0.1) is 5.10 Å². The Labute approximate surface area is 176 Å². The summed E-state index contributed by atoms with van der Waals surface area (Å²) in [6.07, 6.45) is 1.64. The number of thiazole rings is 1. The summed E-state index contributed by atoms with van der Waals surface area (Å²) in [5, 5.41) is 20.0. The predicted molar refractivity (Wildman–Crippen MR) is 113 cm³/mol. The van der Waals surface area contributed by atoms with Gasteiger partial charge in [-0.2, -0.15) is 5.11 Å². The van der Waals surface area contributed by atoms with E-state index in [1.54, 1.807) is 12.3 Å². The highest BCUT2D eigenvalue weighted by atomic mass is 32.1. The monoisotopic (exact) mass is 431 g/mol. The summed E-state index contributed by atoms with van der Waals surface area (Å²) in [7, 11) is 0. The van der Waals surface area contributed by atoms with Crippen LogP contribution in [0.3, 0.4) is 0 Å². The summed E-state index contributed by atoms with van der Waals surface area (Å²) in [5.74, 6) is -0.142. The molecular formula is C19H22FN7O2S. The summed E-state index contributed by atoms with van der Waals surface area (Å²) >= 11 is 1.42. The van der Waals surface area contributed by atoms with Crippen molar-refractivity contribution in [1.29, 1.82) is 0 Å². The number of halogens is 1. The second kappa shape index (κ2) is 8.34. The zero-order valence-corrected chi connectivity index (χ0v) is 17.2. The number of hydrogen-bond acceptors (Lipinski definition) is 7. The van der Waals surface area contributed by atoms with Gasteiger partial charge in [0, 0.05) is 43.7 Å². The lowest BCUT2D eigenvalue weighted by atomic mass is 10.0. The smallest absolute Gasteiger partial charge is 0.327 e. The summed E-state index contributed by atoms with van der Waals surface area (Å²) < 4.78 is 13.7. The Morgan fingerprint density at radius 3 is 2.70 bits per heavy atom. The van der Waals surface area contributed by atoms with Crippen LogP contribution in [0.25, 0.3) is 0 Å². The molecule has 0 aliphatic carbocycles.